The molecule has 258 valence electrons. The molecule has 1 saturated heterocycles. The molecule has 2 aliphatic carbocycles. The molecule has 0 radical (unpaired) electrons. The first-order chi connectivity index (χ1) is 22.5. The topological polar surface area (TPSA) is 130 Å². The summed E-state index contributed by atoms with van der Waals surface area (Å²) in [6, 6.07) is 5.95. The number of hydrogen-bond acceptors (Lipinski definition) is 6. The summed E-state index contributed by atoms with van der Waals surface area (Å²) in [6.45, 7) is 7.18. The van der Waals surface area contributed by atoms with E-state index in [-0.39, 0.29) is 36.2 Å². The van der Waals surface area contributed by atoms with Crippen molar-refractivity contribution >= 4 is 40.5 Å². The van der Waals surface area contributed by atoms with E-state index in [0.717, 1.165) is 43.0 Å². The number of anilines is 1. The number of alkyl halides is 1. The van der Waals surface area contributed by atoms with Gasteiger partial charge in [0.15, 0.2) is 0 Å². The Bertz CT molecular complexity index is 1420. The Morgan fingerprint density at radius 1 is 1.00 bits per heavy atom. The van der Waals surface area contributed by atoms with Gasteiger partial charge < -0.3 is 30.0 Å². The number of nitrogens with zero attached hydrogens (tertiary/aromatic N) is 1. The molecule has 1 aromatic heterocycles. The molecule has 2 aromatic rings. The standard InChI is InChI=1S/C36H51FN4O6/c1-5-46-34(44)29-20-25-19-26(15-16-28(25)39-29)38-32(42)31-27(22-9-7-6-8-10-22)17-18-41(31)33(43)24-13-11-23(12-14-24)30(21-37)40-35(45)47-36(2,3)4/h15-16,19-20,22-24,27,30-31,39H,5-14,17-18,21H2,1-4H3,(H,38,42)(H,40,45)/t23-,24-,27-,30-,31-/m0/s1. The molecule has 1 aromatic carbocycles. The maximum atomic E-state index is 14.1. The Labute approximate surface area is 276 Å². The van der Waals surface area contributed by atoms with Gasteiger partial charge in [0.1, 0.15) is 24.0 Å². The van der Waals surface area contributed by atoms with Crippen LogP contribution in [0.15, 0.2) is 24.3 Å². The molecule has 3 fully saturated rings. The van der Waals surface area contributed by atoms with Crippen molar-refractivity contribution in [1.82, 2.24) is 15.2 Å². The van der Waals surface area contributed by atoms with Gasteiger partial charge in [0, 0.05) is 29.1 Å². The number of amides is 3. The molecule has 3 atom stereocenters. The van der Waals surface area contributed by atoms with Crippen LogP contribution in [-0.4, -0.2) is 71.3 Å². The van der Waals surface area contributed by atoms with Crippen molar-refractivity contribution in [2.24, 2.45) is 23.7 Å². The number of carbonyl (C=O) groups excluding carboxylic acids is 4. The number of H-pyrrole nitrogens is 1. The van der Waals surface area contributed by atoms with Crippen molar-refractivity contribution in [3.63, 3.8) is 0 Å². The number of esters is 1. The maximum absolute atomic E-state index is 14.1. The van der Waals surface area contributed by atoms with Gasteiger partial charge in [0.2, 0.25) is 11.8 Å². The molecule has 0 spiro atoms. The molecular weight excluding hydrogens is 603 g/mol. The van der Waals surface area contributed by atoms with Gasteiger partial charge in [-0.3, -0.25) is 9.59 Å². The minimum atomic E-state index is -0.696. The summed E-state index contributed by atoms with van der Waals surface area (Å²) in [7, 11) is 0. The monoisotopic (exact) mass is 654 g/mol. The molecule has 0 unspecified atom stereocenters. The van der Waals surface area contributed by atoms with E-state index in [1.807, 2.05) is 17.0 Å². The lowest BCUT2D eigenvalue weighted by molar-refractivity contribution is -0.142. The number of halogens is 1. The number of aromatic nitrogens is 1. The third-order valence-electron chi connectivity index (χ3n) is 10.2. The minimum Gasteiger partial charge on any atom is -0.461 e. The Morgan fingerprint density at radius 2 is 1.72 bits per heavy atom. The van der Waals surface area contributed by atoms with Crippen molar-refractivity contribution in [2.75, 3.05) is 25.1 Å². The zero-order valence-electron chi connectivity index (χ0n) is 28.2. The molecule has 2 saturated carbocycles. The molecule has 5 rings (SSSR count). The predicted octanol–water partition coefficient (Wildman–Crippen LogP) is 6.75. The SMILES string of the molecule is CCOC(=O)c1cc2cc(NC(=O)[C@@H]3[C@H](C4CCCCC4)CCN3C(=O)[C@H]3CC[C@H]([C@H](CF)NC(=O)OC(C)(C)C)CC3)ccc2[nH]1. The first-order valence-electron chi connectivity index (χ1n) is 17.4. The largest absolute Gasteiger partial charge is 0.461 e. The summed E-state index contributed by atoms with van der Waals surface area (Å²) < 4.78 is 24.5. The first-order valence-corrected chi connectivity index (χ1v) is 17.4. The zero-order valence-corrected chi connectivity index (χ0v) is 28.2. The van der Waals surface area contributed by atoms with E-state index in [9.17, 15) is 23.6 Å². The highest BCUT2D eigenvalue weighted by molar-refractivity contribution is 6.01. The van der Waals surface area contributed by atoms with Crippen LogP contribution in [0.3, 0.4) is 0 Å². The van der Waals surface area contributed by atoms with Crippen LogP contribution in [0.4, 0.5) is 14.9 Å². The Balaban J connectivity index is 1.27. The fourth-order valence-corrected chi connectivity index (χ4v) is 7.95. The number of hydrogen-bond donors (Lipinski definition) is 3. The van der Waals surface area contributed by atoms with Gasteiger partial charge >= 0.3 is 12.1 Å². The van der Waals surface area contributed by atoms with E-state index in [2.05, 4.69) is 15.6 Å². The molecule has 0 bridgehead atoms. The second kappa shape index (κ2) is 15.1. The lowest BCUT2D eigenvalue weighted by Crippen LogP contribution is -2.50. The molecular formula is C36H51FN4O6. The fourth-order valence-electron chi connectivity index (χ4n) is 7.95. The molecule has 2 heterocycles. The van der Waals surface area contributed by atoms with Crippen LogP contribution in [0.5, 0.6) is 0 Å². The van der Waals surface area contributed by atoms with Crippen molar-refractivity contribution in [3.05, 3.63) is 30.0 Å². The number of carbonyl (C=O) groups is 4. The van der Waals surface area contributed by atoms with Crippen molar-refractivity contribution < 1.29 is 33.0 Å². The Morgan fingerprint density at radius 3 is 2.38 bits per heavy atom. The molecule has 3 aliphatic rings. The highest BCUT2D eigenvalue weighted by Crippen LogP contribution is 2.41. The molecule has 3 amide bonds. The molecule has 11 heteroatoms. The average molecular weight is 655 g/mol. The molecule has 3 N–H and O–H groups in total. The number of fused-ring (bicyclic) bond motifs is 1. The molecule has 47 heavy (non-hydrogen) atoms. The molecule has 1 aliphatic heterocycles. The zero-order chi connectivity index (χ0) is 33.7. The van der Waals surface area contributed by atoms with E-state index >= 15 is 0 Å². The summed E-state index contributed by atoms with van der Waals surface area (Å²) in [5.74, 6) is -0.452. The highest BCUT2D eigenvalue weighted by atomic mass is 19.1. The number of ether oxygens (including phenoxy) is 2. The van der Waals surface area contributed by atoms with Gasteiger partial charge in [0.05, 0.1) is 12.6 Å². The lowest BCUT2D eigenvalue weighted by Gasteiger charge is -2.37. The second-order valence-corrected chi connectivity index (χ2v) is 14.5. The quantitative estimate of drug-likeness (QED) is 0.257. The van der Waals surface area contributed by atoms with Crippen LogP contribution in [-0.2, 0) is 19.1 Å². The summed E-state index contributed by atoms with van der Waals surface area (Å²) in [6.07, 6.45) is 8.21. The summed E-state index contributed by atoms with van der Waals surface area (Å²) in [5.41, 5.74) is 1.04. The predicted molar refractivity (Wildman–Crippen MR) is 178 cm³/mol. The highest BCUT2D eigenvalue weighted by Gasteiger charge is 2.47. The number of nitrogens with one attached hydrogen (secondary N) is 3. The minimum absolute atomic E-state index is 0.000950. The van der Waals surface area contributed by atoms with Crippen molar-refractivity contribution in [2.45, 2.75) is 110 Å². The Kier molecular flexibility index (Phi) is 11.1. The number of aromatic amines is 1. The van der Waals surface area contributed by atoms with Crippen molar-refractivity contribution in [1.29, 1.82) is 0 Å². The summed E-state index contributed by atoms with van der Waals surface area (Å²) >= 11 is 0. The van der Waals surface area contributed by atoms with Gasteiger partial charge in [-0.1, -0.05) is 32.1 Å². The van der Waals surface area contributed by atoms with Gasteiger partial charge in [-0.25, -0.2) is 14.0 Å². The first kappa shape index (κ1) is 34.7. The smallest absolute Gasteiger partial charge is 0.407 e. The number of rotatable bonds is 9. The van der Waals surface area contributed by atoms with Crippen LogP contribution in [0, 0.1) is 23.7 Å². The normalized spacial score (nSPS) is 24.5. The van der Waals surface area contributed by atoms with Gasteiger partial charge in [-0.2, -0.15) is 0 Å². The fraction of sp³-hybridized carbons (Fsp3) is 0.667. The van der Waals surface area contributed by atoms with Crippen molar-refractivity contribution in [3.8, 4) is 0 Å². The maximum Gasteiger partial charge on any atom is 0.407 e. The lowest BCUT2D eigenvalue weighted by atomic mass is 9.76. The van der Waals surface area contributed by atoms with Crippen LogP contribution in [0.25, 0.3) is 10.9 Å². The molecule has 10 nitrogen and oxygen atoms in total. The van der Waals surface area contributed by atoms with Gasteiger partial charge in [-0.15, -0.1) is 0 Å². The third-order valence-corrected chi connectivity index (χ3v) is 10.2. The summed E-state index contributed by atoms with van der Waals surface area (Å²) in [4.78, 5) is 57.6. The van der Waals surface area contributed by atoms with Gasteiger partial charge in [-0.05, 0) is 102 Å². The van der Waals surface area contributed by atoms with Crippen LogP contribution in [0.2, 0.25) is 0 Å². The van der Waals surface area contributed by atoms with Crippen LogP contribution >= 0.6 is 0 Å². The number of likely N-dealkylation sites (tertiary alicyclic amines) is 1. The van der Waals surface area contributed by atoms with Gasteiger partial charge in [0.25, 0.3) is 0 Å². The summed E-state index contributed by atoms with van der Waals surface area (Å²) in [5, 5.41) is 6.57. The number of benzene rings is 1. The van der Waals surface area contributed by atoms with Crippen LogP contribution < -0.4 is 10.6 Å². The average Bonchev–Trinajstić information content (AvgIpc) is 3.68. The Hall–Kier alpha value is -3.63. The van der Waals surface area contributed by atoms with E-state index in [4.69, 9.17) is 9.47 Å². The van der Waals surface area contributed by atoms with Crippen LogP contribution in [0.1, 0.15) is 102 Å². The van der Waals surface area contributed by atoms with E-state index in [1.165, 1.54) is 6.42 Å². The number of alkyl carbamates (subject to hydrolysis) is 1. The van der Waals surface area contributed by atoms with E-state index in [0.29, 0.717) is 49.5 Å². The van der Waals surface area contributed by atoms with E-state index in [1.54, 1.807) is 39.8 Å². The third kappa shape index (κ3) is 8.46. The second-order valence-electron chi connectivity index (χ2n) is 14.5. The van der Waals surface area contributed by atoms with E-state index < -0.39 is 36.4 Å².